The van der Waals surface area contributed by atoms with Crippen LogP contribution in [0.2, 0.25) is 0 Å². The Labute approximate surface area is 103 Å². The summed E-state index contributed by atoms with van der Waals surface area (Å²) in [5, 5.41) is 3.24. The summed E-state index contributed by atoms with van der Waals surface area (Å²) in [5.74, 6) is -0.285. The maximum atomic E-state index is 12.8. The predicted octanol–water partition coefficient (Wildman–Crippen LogP) is 4.18. The summed E-state index contributed by atoms with van der Waals surface area (Å²) in [6.07, 6.45) is 7.63. The molecule has 0 aliphatic carbocycles. The van der Waals surface area contributed by atoms with Crippen molar-refractivity contribution in [1.82, 2.24) is 0 Å². The van der Waals surface area contributed by atoms with Gasteiger partial charge in [-0.3, -0.25) is 0 Å². The van der Waals surface area contributed by atoms with Crippen molar-refractivity contribution < 1.29 is 4.39 Å². The van der Waals surface area contributed by atoms with Gasteiger partial charge in [0.15, 0.2) is 0 Å². The number of unbranched alkanes of at least 4 members (excludes halogenated alkanes) is 5. The monoisotopic (exact) mass is 238 g/mol. The van der Waals surface area contributed by atoms with Crippen LogP contribution in [0.25, 0.3) is 0 Å². The number of nitrogens with two attached hydrogens (primary N) is 1. The minimum atomic E-state index is -0.285. The summed E-state index contributed by atoms with van der Waals surface area (Å²) in [5.41, 5.74) is 7.02. The number of anilines is 2. The van der Waals surface area contributed by atoms with Crippen molar-refractivity contribution in [3.8, 4) is 0 Å². The lowest BCUT2D eigenvalue weighted by molar-refractivity contribution is 0.617. The van der Waals surface area contributed by atoms with E-state index in [0.29, 0.717) is 5.69 Å². The first-order valence-electron chi connectivity index (χ1n) is 6.53. The second kappa shape index (κ2) is 7.93. The third kappa shape index (κ3) is 5.57. The van der Waals surface area contributed by atoms with E-state index < -0.39 is 0 Å². The fourth-order valence-electron chi connectivity index (χ4n) is 1.82. The number of hydrogen-bond donors (Lipinski definition) is 2. The van der Waals surface area contributed by atoms with Gasteiger partial charge in [0.2, 0.25) is 0 Å². The minimum absolute atomic E-state index is 0.285. The lowest BCUT2D eigenvalue weighted by Gasteiger charge is -2.09. The van der Waals surface area contributed by atoms with Gasteiger partial charge in [-0.2, -0.15) is 0 Å². The molecule has 0 atom stereocenters. The molecule has 1 aromatic rings. The average molecular weight is 238 g/mol. The van der Waals surface area contributed by atoms with Crippen LogP contribution in [0.1, 0.15) is 45.4 Å². The van der Waals surface area contributed by atoms with E-state index in [0.717, 1.165) is 18.7 Å². The van der Waals surface area contributed by atoms with Gasteiger partial charge in [-0.25, -0.2) is 4.39 Å². The van der Waals surface area contributed by atoms with E-state index in [1.807, 2.05) is 0 Å². The Hall–Kier alpha value is -1.25. The second-order valence-electron chi connectivity index (χ2n) is 4.43. The highest BCUT2D eigenvalue weighted by atomic mass is 19.1. The molecule has 96 valence electrons. The van der Waals surface area contributed by atoms with Crippen molar-refractivity contribution in [2.75, 3.05) is 17.6 Å². The van der Waals surface area contributed by atoms with Crippen LogP contribution in [-0.2, 0) is 0 Å². The number of rotatable bonds is 8. The molecule has 0 amide bonds. The number of benzene rings is 1. The molecule has 1 aromatic carbocycles. The normalized spacial score (nSPS) is 10.5. The Morgan fingerprint density at radius 3 is 2.53 bits per heavy atom. The number of halogens is 1. The lowest BCUT2D eigenvalue weighted by atomic mass is 10.1. The number of hydrogen-bond acceptors (Lipinski definition) is 2. The zero-order valence-electron chi connectivity index (χ0n) is 10.6. The second-order valence-corrected chi connectivity index (χ2v) is 4.43. The molecule has 0 aliphatic heterocycles. The molecule has 0 unspecified atom stereocenters. The zero-order valence-corrected chi connectivity index (χ0v) is 10.6. The Bertz CT molecular complexity index is 326. The molecular formula is C14H23FN2. The molecule has 17 heavy (non-hydrogen) atoms. The Morgan fingerprint density at radius 1 is 1.12 bits per heavy atom. The van der Waals surface area contributed by atoms with Gasteiger partial charge >= 0.3 is 0 Å². The van der Waals surface area contributed by atoms with Crippen LogP contribution in [0.3, 0.4) is 0 Å². The standard InChI is InChI=1S/C14H23FN2/c1-2-3-4-5-6-7-10-17-14-9-8-12(15)11-13(14)16/h8-9,11,17H,2-7,10,16H2,1H3. The van der Waals surface area contributed by atoms with Gasteiger partial charge < -0.3 is 11.1 Å². The van der Waals surface area contributed by atoms with Crippen molar-refractivity contribution in [3.63, 3.8) is 0 Å². The molecule has 3 N–H and O–H groups in total. The topological polar surface area (TPSA) is 38.0 Å². The van der Waals surface area contributed by atoms with Crippen LogP contribution >= 0.6 is 0 Å². The Kier molecular flexibility index (Phi) is 6.45. The lowest BCUT2D eigenvalue weighted by Crippen LogP contribution is -2.04. The van der Waals surface area contributed by atoms with Crippen LogP contribution < -0.4 is 11.1 Å². The first-order chi connectivity index (χ1) is 8.24. The molecular weight excluding hydrogens is 215 g/mol. The highest BCUT2D eigenvalue weighted by Gasteiger charge is 1.99. The minimum Gasteiger partial charge on any atom is -0.397 e. The van der Waals surface area contributed by atoms with Crippen LogP contribution in [0.5, 0.6) is 0 Å². The summed E-state index contributed by atoms with van der Waals surface area (Å²) < 4.78 is 12.8. The van der Waals surface area contributed by atoms with Gasteiger partial charge in [-0.1, -0.05) is 39.0 Å². The van der Waals surface area contributed by atoms with Gasteiger partial charge in [0.05, 0.1) is 11.4 Å². The van der Waals surface area contributed by atoms with Gasteiger partial charge in [-0.05, 0) is 24.6 Å². The van der Waals surface area contributed by atoms with Gasteiger partial charge in [0.1, 0.15) is 5.82 Å². The van der Waals surface area contributed by atoms with Crippen molar-refractivity contribution in [1.29, 1.82) is 0 Å². The number of nitrogen functional groups attached to an aromatic ring is 1. The third-order valence-electron chi connectivity index (χ3n) is 2.86. The highest BCUT2D eigenvalue weighted by Crippen LogP contribution is 2.19. The molecule has 2 nitrogen and oxygen atoms in total. The summed E-state index contributed by atoms with van der Waals surface area (Å²) in [4.78, 5) is 0. The van der Waals surface area contributed by atoms with E-state index in [4.69, 9.17) is 5.73 Å². The molecule has 0 saturated heterocycles. The molecule has 0 radical (unpaired) electrons. The molecule has 0 aromatic heterocycles. The fourth-order valence-corrected chi connectivity index (χ4v) is 1.82. The predicted molar refractivity (Wildman–Crippen MR) is 72.7 cm³/mol. The van der Waals surface area contributed by atoms with E-state index in [1.54, 1.807) is 6.07 Å². The van der Waals surface area contributed by atoms with Crippen molar-refractivity contribution in [3.05, 3.63) is 24.0 Å². The molecule has 0 fully saturated rings. The molecule has 0 spiro atoms. The smallest absolute Gasteiger partial charge is 0.125 e. The van der Waals surface area contributed by atoms with Crippen molar-refractivity contribution in [2.24, 2.45) is 0 Å². The molecule has 0 bridgehead atoms. The maximum absolute atomic E-state index is 12.8. The Morgan fingerprint density at radius 2 is 1.82 bits per heavy atom. The summed E-state index contributed by atoms with van der Waals surface area (Å²) in [6, 6.07) is 4.48. The highest BCUT2D eigenvalue weighted by molar-refractivity contribution is 5.65. The van der Waals surface area contributed by atoms with Gasteiger partial charge in [-0.15, -0.1) is 0 Å². The zero-order chi connectivity index (χ0) is 12.5. The molecule has 1 rings (SSSR count). The Balaban J connectivity index is 2.14. The van der Waals surface area contributed by atoms with Crippen LogP contribution in [0.4, 0.5) is 15.8 Å². The van der Waals surface area contributed by atoms with Crippen molar-refractivity contribution in [2.45, 2.75) is 45.4 Å². The summed E-state index contributed by atoms with van der Waals surface area (Å²) in [6.45, 7) is 3.13. The quantitative estimate of drug-likeness (QED) is 0.526. The fraction of sp³-hybridized carbons (Fsp3) is 0.571. The third-order valence-corrected chi connectivity index (χ3v) is 2.86. The van der Waals surface area contributed by atoms with E-state index in [9.17, 15) is 4.39 Å². The van der Waals surface area contributed by atoms with Gasteiger partial charge in [0, 0.05) is 6.54 Å². The SMILES string of the molecule is CCCCCCCCNc1ccc(F)cc1N. The van der Waals surface area contributed by atoms with E-state index in [-0.39, 0.29) is 5.82 Å². The average Bonchev–Trinajstić information content (AvgIpc) is 2.30. The number of nitrogens with one attached hydrogen (secondary N) is 1. The van der Waals surface area contributed by atoms with Crippen LogP contribution in [0, 0.1) is 5.82 Å². The maximum Gasteiger partial charge on any atom is 0.125 e. The largest absolute Gasteiger partial charge is 0.397 e. The van der Waals surface area contributed by atoms with Gasteiger partial charge in [0.25, 0.3) is 0 Å². The first kappa shape index (κ1) is 13.8. The molecule has 0 saturated carbocycles. The van der Waals surface area contributed by atoms with Crippen LogP contribution in [-0.4, -0.2) is 6.54 Å². The van der Waals surface area contributed by atoms with E-state index in [1.165, 1.54) is 44.2 Å². The molecule has 0 heterocycles. The molecule has 0 aliphatic rings. The van der Waals surface area contributed by atoms with Crippen LogP contribution in [0.15, 0.2) is 18.2 Å². The molecule has 3 heteroatoms. The van der Waals surface area contributed by atoms with E-state index in [2.05, 4.69) is 12.2 Å². The first-order valence-corrected chi connectivity index (χ1v) is 6.53. The van der Waals surface area contributed by atoms with E-state index >= 15 is 0 Å². The van der Waals surface area contributed by atoms with Crippen molar-refractivity contribution >= 4 is 11.4 Å². The summed E-state index contributed by atoms with van der Waals surface area (Å²) >= 11 is 0. The summed E-state index contributed by atoms with van der Waals surface area (Å²) in [7, 11) is 0.